The Bertz CT molecular complexity index is 495. The number of carbonyl (C=O) groups excluding carboxylic acids is 1. The van der Waals surface area contributed by atoms with Crippen LogP contribution in [-0.4, -0.2) is 18.6 Å². The minimum Gasteiger partial charge on any atom is -0.465 e. The molecule has 0 bridgehead atoms. The van der Waals surface area contributed by atoms with Crippen molar-refractivity contribution in [1.29, 1.82) is 0 Å². The molecule has 6 heteroatoms. The first-order valence-corrected chi connectivity index (χ1v) is 7.42. The molecule has 0 radical (unpaired) electrons. The quantitative estimate of drug-likeness (QED) is 0.819. The van der Waals surface area contributed by atoms with Crippen molar-refractivity contribution in [3.63, 3.8) is 0 Å². The molecule has 0 spiro atoms. The summed E-state index contributed by atoms with van der Waals surface area (Å²) in [6.07, 6.45) is -0.526. The molecule has 122 valence electrons. The van der Waals surface area contributed by atoms with Crippen LogP contribution in [0.5, 0.6) is 0 Å². The molecule has 2 N–H and O–H groups in total. The number of ether oxygens (including phenoxy) is 1. The number of hydrogen-bond donors (Lipinski definition) is 1. The van der Waals surface area contributed by atoms with Crippen molar-refractivity contribution in [3.8, 4) is 0 Å². The van der Waals surface area contributed by atoms with Gasteiger partial charge in [-0.15, -0.1) is 0 Å². The molecule has 0 heterocycles. The minimum absolute atomic E-state index is 0.0771. The van der Waals surface area contributed by atoms with Crippen LogP contribution < -0.4 is 5.73 Å². The Hall–Kier alpha value is -1.56. The van der Waals surface area contributed by atoms with Crippen molar-refractivity contribution < 1.29 is 22.7 Å². The highest BCUT2D eigenvalue weighted by Crippen LogP contribution is 2.29. The second kappa shape index (κ2) is 7.13. The van der Waals surface area contributed by atoms with Gasteiger partial charge in [0, 0.05) is 6.04 Å². The van der Waals surface area contributed by atoms with Gasteiger partial charge in [-0.3, -0.25) is 4.79 Å². The van der Waals surface area contributed by atoms with Crippen LogP contribution in [0.1, 0.15) is 36.8 Å². The summed E-state index contributed by atoms with van der Waals surface area (Å²) < 4.78 is 42.5. The van der Waals surface area contributed by atoms with Gasteiger partial charge in [0.25, 0.3) is 0 Å². The van der Waals surface area contributed by atoms with Crippen molar-refractivity contribution in [1.82, 2.24) is 0 Å². The summed E-state index contributed by atoms with van der Waals surface area (Å²) in [7, 11) is 0. The lowest BCUT2D eigenvalue weighted by atomic mass is 9.86. The predicted octanol–water partition coefficient (Wildman–Crippen LogP) is 3.31. The molecule has 1 unspecified atom stereocenters. The molecule has 22 heavy (non-hydrogen) atoms. The monoisotopic (exact) mass is 315 g/mol. The maximum Gasteiger partial charge on any atom is 0.416 e. The van der Waals surface area contributed by atoms with Crippen LogP contribution >= 0.6 is 0 Å². The second-order valence-corrected chi connectivity index (χ2v) is 5.84. The second-order valence-electron chi connectivity index (χ2n) is 5.84. The van der Waals surface area contributed by atoms with E-state index in [4.69, 9.17) is 10.5 Å². The lowest BCUT2D eigenvalue weighted by Crippen LogP contribution is -2.28. The first-order valence-electron chi connectivity index (χ1n) is 7.42. The maximum absolute atomic E-state index is 12.5. The molecule has 1 aromatic carbocycles. The summed E-state index contributed by atoms with van der Waals surface area (Å²) >= 11 is 0. The van der Waals surface area contributed by atoms with E-state index in [1.807, 2.05) is 0 Å². The highest BCUT2D eigenvalue weighted by Gasteiger charge is 2.30. The average Bonchev–Trinajstić information content (AvgIpc) is 2.36. The van der Waals surface area contributed by atoms with Crippen LogP contribution in [0.4, 0.5) is 13.2 Å². The number of halogens is 3. The Morgan fingerprint density at radius 3 is 2.41 bits per heavy atom. The molecule has 0 aliphatic heterocycles. The van der Waals surface area contributed by atoms with Crippen molar-refractivity contribution in [2.24, 2.45) is 11.7 Å². The Balaban J connectivity index is 1.75. The van der Waals surface area contributed by atoms with Gasteiger partial charge in [-0.1, -0.05) is 18.6 Å². The van der Waals surface area contributed by atoms with Crippen LogP contribution in [0, 0.1) is 5.92 Å². The zero-order valence-electron chi connectivity index (χ0n) is 12.2. The lowest BCUT2D eigenvalue weighted by molar-refractivity contribution is -0.146. The van der Waals surface area contributed by atoms with Crippen molar-refractivity contribution in [2.45, 2.75) is 44.3 Å². The predicted molar refractivity (Wildman–Crippen MR) is 76.0 cm³/mol. The topological polar surface area (TPSA) is 52.3 Å². The van der Waals surface area contributed by atoms with Gasteiger partial charge in [-0.05, 0) is 42.9 Å². The Kier molecular flexibility index (Phi) is 5.45. The number of carbonyl (C=O) groups is 1. The normalized spacial score (nSPS) is 16.9. The molecule has 1 aromatic rings. The molecule has 1 aliphatic rings. The number of nitrogens with two attached hydrogens (primary N) is 1. The fraction of sp³-hybridized carbons (Fsp3) is 0.562. The molecular weight excluding hydrogens is 295 g/mol. The number of alkyl halides is 3. The molecule has 1 fully saturated rings. The van der Waals surface area contributed by atoms with E-state index < -0.39 is 17.8 Å². The van der Waals surface area contributed by atoms with E-state index in [-0.39, 0.29) is 12.4 Å². The molecule has 1 aliphatic carbocycles. The van der Waals surface area contributed by atoms with Gasteiger partial charge in [0.05, 0.1) is 18.6 Å². The van der Waals surface area contributed by atoms with Crippen LogP contribution in [-0.2, 0) is 22.1 Å². The summed E-state index contributed by atoms with van der Waals surface area (Å²) in [4.78, 5) is 11.6. The lowest BCUT2D eigenvalue weighted by Gasteiger charge is -2.24. The highest BCUT2D eigenvalue weighted by atomic mass is 19.4. The molecule has 1 atom stereocenters. The van der Waals surface area contributed by atoms with Gasteiger partial charge in [0.15, 0.2) is 0 Å². The van der Waals surface area contributed by atoms with Crippen LogP contribution in [0.2, 0.25) is 0 Å². The minimum atomic E-state index is -4.34. The van der Waals surface area contributed by atoms with E-state index in [0.29, 0.717) is 24.5 Å². The van der Waals surface area contributed by atoms with E-state index >= 15 is 0 Å². The van der Waals surface area contributed by atoms with E-state index in [1.54, 1.807) is 0 Å². The van der Waals surface area contributed by atoms with Crippen LogP contribution in [0.25, 0.3) is 0 Å². The third-order valence-electron chi connectivity index (χ3n) is 3.91. The maximum atomic E-state index is 12.5. The number of hydrogen-bond acceptors (Lipinski definition) is 3. The van der Waals surface area contributed by atoms with Gasteiger partial charge < -0.3 is 10.5 Å². The molecule has 2 rings (SSSR count). The zero-order valence-corrected chi connectivity index (χ0v) is 12.2. The van der Waals surface area contributed by atoms with E-state index in [9.17, 15) is 18.0 Å². The van der Waals surface area contributed by atoms with Crippen LogP contribution in [0.15, 0.2) is 24.3 Å². The molecule has 0 amide bonds. The van der Waals surface area contributed by atoms with Crippen molar-refractivity contribution in [3.05, 3.63) is 35.4 Å². The van der Waals surface area contributed by atoms with Gasteiger partial charge >= 0.3 is 12.1 Å². The summed E-state index contributed by atoms with van der Waals surface area (Å²) in [5, 5.41) is 0. The zero-order chi connectivity index (χ0) is 16.2. The fourth-order valence-corrected chi connectivity index (χ4v) is 2.35. The standard InChI is InChI=1S/C16H20F3NO2/c17-16(18,19)13-6-4-11(5-7-13)8-14(20)9-15(21)22-10-12-2-1-3-12/h4-7,12,14H,1-3,8-10,20H2. The number of benzene rings is 1. The van der Waals surface area contributed by atoms with Gasteiger partial charge in [0.1, 0.15) is 0 Å². The van der Waals surface area contributed by atoms with Gasteiger partial charge in [-0.2, -0.15) is 13.2 Å². The third-order valence-corrected chi connectivity index (χ3v) is 3.91. The largest absolute Gasteiger partial charge is 0.465 e. The Morgan fingerprint density at radius 1 is 1.27 bits per heavy atom. The molecule has 1 saturated carbocycles. The summed E-state index contributed by atoms with van der Waals surface area (Å²) in [5.41, 5.74) is 5.84. The number of rotatable bonds is 6. The van der Waals surface area contributed by atoms with Gasteiger partial charge in [-0.25, -0.2) is 0 Å². The van der Waals surface area contributed by atoms with E-state index in [2.05, 4.69) is 0 Å². The van der Waals surface area contributed by atoms with E-state index in [1.165, 1.54) is 18.6 Å². The molecular formula is C16H20F3NO2. The summed E-state index contributed by atoms with van der Waals surface area (Å²) in [5.74, 6) is 0.140. The third kappa shape index (κ3) is 5.02. The van der Waals surface area contributed by atoms with E-state index in [0.717, 1.165) is 25.0 Å². The van der Waals surface area contributed by atoms with Crippen molar-refractivity contribution >= 4 is 5.97 Å². The van der Waals surface area contributed by atoms with Gasteiger partial charge in [0.2, 0.25) is 0 Å². The Morgan fingerprint density at radius 2 is 1.91 bits per heavy atom. The summed E-state index contributed by atoms with van der Waals surface area (Å²) in [6.45, 7) is 0.450. The smallest absolute Gasteiger partial charge is 0.416 e. The first kappa shape index (κ1) is 16.8. The molecule has 0 aromatic heterocycles. The molecule has 0 saturated heterocycles. The average molecular weight is 315 g/mol. The Labute approximate surface area is 127 Å². The number of esters is 1. The highest BCUT2D eigenvalue weighted by molar-refractivity contribution is 5.70. The SMILES string of the molecule is NC(CC(=O)OCC1CCC1)Cc1ccc(C(F)(F)F)cc1. The first-order chi connectivity index (χ1) is 10.3. The van der Waals surface area contributed by atoms with Crippen LogP contribution in [0.3, 0.4) is 0 Å². The molecule has 3 nitrogen and oxygen atoms in total. The van der Waals surface area contributed by atoms with Crippen molar-refractivity contribution in [2.75, 3.05) is 6.61 Å². The summed E-state index contributed by atoms with van der Waals surface area (Å²) in [6, 6.07) is 4.38. The fourth-order valence-electron chi connectivity index (χ4n) is 2.35.